The first kappa shape index (κ1) is 14.3. The number of anilines is 2. The van der Waals surface area contributed by atoms with Crippen LogP contribution < -0.4 is 15.5 Å². The van der Waals surface area contributed by atoms with Crippen LogP contribution in [0.2, 0.25) is 0 Å². The van der Waals surface area contributed by atoms with E-state index in [1.165, 1.54) is 32.1 Å². The largest absolute Gasteiger partial charge is 0.357 e. The molecule has 2 heterocycles. The van der Waals surface area contributed by atoms with Gasteiger partial charge in [-0.05, 0) is 44.2 Å². The van der Waals surface area contributed by atoms with Gasteiger partial charge in [0.2, 0.25) is 5.91 Å². The number of rotatable bonds is 6. The minimum atomic E-state index is 0.0515. The summed E-state index contributed by atoms with van der Waals surface area (Å²) < 4.78 is 0. The molecular formula is C16H24N4O. The molecule has 1 aliphatic heterocycles. The Balaban J connectivity index is 1.45. The van der Waals surface area contributed by atoms with Crippen molar-refractivity contribution in [3.8, 4) is 0 Å². The van der Waals surface area contributed by atoms with Crippen molar-refractivity contribution in [2.75, 3.05) is 29.9 Å². The van der Waals surface area contributed by atoms with Gasteiger partial charge in [0.15, 0.2) is 0 Å². The number of carbonyl (C=O) groups excluding carboxylic acids is 1. The molecule has 2 aliphatic rings. The van der Waals surface area contributed by atoms with E-state index >= 15 is 0 Å². The molecule has 0 radical (unpaired) electrons. The minimum absolute atomic E-state index is 0.0515. The molecule has 0 spiro atoms. The summed E-state index contributed by atoms with van der Waals surface area (Å²) >= 11 is 0. The third kappa shape index (κ3) is 4.43. The predicted molar refractivity (Wildman–Crippen MR) is 84.6 cm³/mol. The fourth-order valence-corrected chi connectivity index (χ4v) is 2.67. The predicted octanol–water partition coefficient (Wildman–Crippen LogP) is 2.15. The molecule has 2 N–H and O–H groups in total. The number of nitrogens with one attached hydrogen (secondary N) is 2. The van der Waals surface area contributed by atoms with Crippen molar-refractivity contribution < 1.29 is 4.79 Å². The third-order valence-electron chi connectivity index (χ3n) is 4.07. The van der Waals surface area contributed by atoms with Gasteiger partial charge in [0.25, 0.3) is 0 Å². The van der Waals surface area contributed by atoms with E-state index in [0.717, 1.165) is 31.1 Å². The fraction of sp³-hybridized carbons (Fsp3) is 0.625. The highest BCUT2D eigenvalue weighted by atomic mass is 16.1. The molecule has 0 atom stereocenters. The van der Waals surface area contributed by atoms with Gasteiger partial charge in [0.1, 0.15) is 5.82 Å². The van der Waals surface area contributed by atoms with Crippen LogP contribution in [0.3, 0.4) is 0 Å². The number of amides is 1. The fourth-order valence-electron chi connectivity index (χ4n) is 2.67. The molecule has 5 nitrogen and oxygen atoms in total. The molecule has 1 aromatic heterocycles. The van der Waals surface area contributed by atoms with Crippen molar-refractivity contribution in [2.45, 2.75) is 44.6 Å². The normalized spacial score (nSPS) is 18.6. The number of pyridine rings is 1. The lowest BCUT2D eigenvalue weighted by Gasteiger charge is -2.27. The molecule has 1 saturated heterocycles. The van der Waals surface area contributed by atoms with Crippen LogP contribution in [0, 0.1) is 0 Å². The summed E-state index contributed by atoms with van der Waals surface area (Å²) in [4.78, 5) is 18.6. The lowest BCUT2D eigenvalue weighted by atomic mass is 10.1. The van der Waals surface area contributed by atoms with Crippen molar-refractivity contribution in [3.63, 3.8) is 0 Å². The molecule has 114 valence electrons. The highest BCUT2D eigenvalue weighted by molar-refractivity contribution is 5.90. The molecular weight excluding hydrogens is 264 g/mol. The van der Waals surface area contributed by atoms with Gasteiger partial charge in [-0.2, -0.15) is 0 Å². The van der Waals surface area contributed by atoms with E-state index in [0.29, 0.717) is 12.5 Å². The molecule has 1 amide bonds. The van der Waals surface area contributed by atoms with Crippen LogP contribution in [0.1, 0.15) is 38.5 Å². The zero-order valence-electron chi connectivity index (χ0n) is 12.5. The number of aromatic nitrogens is 1. The Labute approximate surface area is 126 Å². The molecule has 21 heavy (non-hydrogen) atoms. The highest BCUT2D eigenvalue weighted by Crippen LogP contribution is 2.19. The average Bonchev–Trinajstić information content (AvgIpc) is 3.33. The van der Waals surface area contributed by atoms with Crippen molar-refractivity contribution in [1.82, 2.24) is 10.3 Å². The number of piperidine rings is 1. The van der Waals surface area contributed by atoms with Crippen LogP contribution in [0.4, 0.5) is 11.5 Å². The van der Waals surface area contributed by atoms with E-state index in [4.69, 9.17) is 0 Å². The maximum Gasteiger partial charge on any atom is 0.225 e. The summed E-state index contributed by atoms with van der Waals surface area (Å²) in [5, 5.41) is 6.25. The first-order valence-electron chi connectivity index (χ1n) is 8.05. The molecule has 0 aromatic carbocycles. The monoisotopic (exact) mass is 288 g/mol. The lowest BCUT2D eigenvalue weighted by Crippen LogP contribution is -2.30. The summed E-state index contributed by atoms with van der Waals surface area (Å²) in [5.41, 5.74) is 0.784. The van der Waals surface area contributed by atoms with E-state index < -0.39 is 0 Å². The standard InChI is InChI=1S/C16H24N4O/c21-16(8-9-17-13-4-5-13)19-14-6-7-15(18-12-14)20-10-2-1-3-11-20/h6-7,12-13,17H,1-5,8-11H2,(H,19,21). The van der Waals surface area contributed by atoms with Gasteiger partial charge < -0.3 is 15.5 Å². The van der Waals surface area contributed by atoms with Gasteiger partial charge in [0.05, 0.1) is 11.9 Å². The first-order valence-corrected chi connectivity index (χ1v) is 8.05. The van der Waals surface area contributed by atoms with Gasteiger partial charge in [-0.15, -0.1) is 0 Å². The number of carbonyl (C=O) groups is 1. The van der Waals surface area contributed by atoms with E-state index in [1.807, 2.05) is 12.1 Å². The van der Waals surface area contributed by atoms with Crippen molar-refractivity contribution in [3.05, 3.63) is 18.3 Å². The van der Waals surface area contributed by atoms with Crippen LogP contribution in [-0.4, -0.2) is 36.6 Å². The summed E-state index contributed by atoms with van der Waals surface area (Å²) in [6.45, 7) is 2.94. The summed E-state index contributed by atoms with van der Waals surface area (Å²) in [6, 6.07) is 4.61. The zero-order chi connectivity index (χ0) is 14.5. The van der Waals surface area contributed by atoms with Crippen LogP contribution >= 0.6 is 0 Å². The van der Waals surface area contributed by atoms with E-state index in [1.54, 1.807) is 6.20 Å². The minimum Gasteiger partial charge on any atom is -0.357 e. The Morgan fingerprint density at radius 1 is 1.24 bits per heavy atom. The Morgan fingerprint density at radius 3 is 2.71 bits per heavy atom. The van der Waals surface area contributed by atoms with Crippen LogP contribution in [0.5, 0.6) is 0 Å². The second kappa shape index (κ2) is 6.89. The highest BCUT2D eigenvalue weighted by Gasteiger charge is 2.20. The van der Waals surface area contributed by atoms with E-state index in [-0.39, 0.29) is 5.91 Å². The Kier molecular flexibility index (Phi) is 4.70. The quantitative estimate of drug-likeness (QED) is 0.842. The van der Waals surface area contributed by atoms with Crippen molar-refractivity contribution in [1.29, 1.82) is 0 Å². The Bertz CT molecular complexity index is 464. The topological polar surface area (TPSA) is 57.3 Å². The molecule has 5 heteroatoms. The second-order valence-corrected chi connectivity index (χ2v) is 5.98. The van der Waals surface area contributed by atoms with Gasteiger partial charge in [0, 0.05) is 32.1 Å². The molecule has 2 fully saturated rings. The number of hydrogen-bond donors (Lipinski definition) is 2. The molecule has 1 aliphatic carbocycles. The van der Waals surface area contributed by atoms with Crippen LogP contribution in [-0.2, 0) is 4.79 Å². The first-order chi connectivity index (χ1) is 10.3. The van der Waals surface area contributed by atoms with E-state index in [2.05, 4.69) is 20.5 Å². The van der Waals surface area contributed by atoms with Crippen LogP contribution in [0.25, 0.3) is 0 Å². The van der Waals surface area contributed by atoms with Crippen molar-refractivity contribution >= 4 is 17.4 Å². The van der Waals surface area contributed by atoms with Gasteiger partial charge in [-0.3, -0.25) is 4.79 Å². The SMILES string of the molecule is O=C(CCNC1CC1)Nc1ccc(N2CCCCC2)nc1. The maximum absolute atomic E-state index is 11.8. The van der Waals surface area contributed by atoms with Gasteiger partial charge in [-0.1, -0.05) is 0 Å². The molecule has 1 saturated carbocycles. The number of hydrogen-bond acceptors (Lipinski definition) is 4. The second-order valence-electron chi connectivity index (χ2n) is 5.98. The number of nitrogens with zero attached hydrogens (tertiary/aromatic N) is 2. The Hall–Kier alpha value is -1.62. The van der Waals surface area contributed by atoms with E-state index in [9.17, 15) is 4.79 Å². The third-order valence-corrected chi connectivity index (χ3v) is 4.07. The lowest BCUT2D eigenvalue weighted by molar-refractivity contribution is -0.116. The smallest absolute Gasteiger partial charge is 0.225 e. The average molecular weight is 288 g/mol. The molecule has 3 rings (SSSR count). The maximum atomic E-state index is 11.8. The zero-order valence-corrected chi connectivity index (χ0v) is 12.5. The summed E-state index contributed by atoms with van der Waals surface area (Å²) in [5.74, 6) is 1.07. The van der Waals surface area contributed by atoms with Gasteiger partial charge >= 0.3 is 0 Å². The summed E-state index contributed by atoms with van der Waals surface area (Å²) in [6.07, 6.45) is 8.59. The summed E-state index contributed by atoms with van der Waals surface area (Å²) in [7, 11) is 0. The van der Waals surface area contributed by atoms with Crippen molar-refractivity contribution in [2.24, 2.45) is 0 Å². The molecule has 1 aromatic rings. The van der Waals surface area contributed by atoms with Gasteiger partial charge in [-0.25, -0.2) is 4.98 Å². The molecule has 0 unspecified atom stereocenters. The Morgan fingerprint density at radius 2 is 2.05 bits per heavy atom. The van der Waals surface area contributed by atoms with Crippen LogP contribution in [0.15, 0.2) is 18.3 Å². The molecule has 0 bridgehead atoms.